The summed E-state index contributed by atoms with van der Waals surface area (Å²) in [7, 11) is -5.01. The van der Waals surface area contributed by atoms with Crippen molar-refractivity contribution in [2.45, 2.75) is 125 Å². The number of esters is 2. The number of nitrogens with zero attached hydrogens (tertiary/aromatic N) is 3. The number of aliphatic hydroxyl groups is 2. The summed E-state index contributed by atoms with van der Waals surface area (Å²) in [5, 5.41) is 39.2. The average Bonchev–Trinajstić information content (AvgIpc) is 1.56. The van der Waals surface area contributed by atoms with E-state index >= 15 is 9.59 Å². The van der Waals surface area contributed by atoms with Gasteiger partial charge in [-0.1, -0.05) is 66.7 Å². The van der Waals surface area contributed by atoms with E-state index in [1.54, 1.807) is 45.1 Å². The van der Waals surface area contributed by atoms with Gasteiger partial charge in [0.25, 0.3) is 11.7 Å². The van der Waals surface area contributed by atoms with Crippen LogP contribution in [0.15, 0.2) is 57.5 Å². The van der Waals surface area contributed by atoms with Gasteiger partial charge in [-0.2, -0.15) is 0 Å². The quantitative estimate of drug-likeness (QED) is 0.0206. The molecule has 82 heavy (non-hydrogen) atoms. The van der Waals surface area contributed by atoms with Gasteiger partial charge in [0.2, 0.25) is 11.3 Å². The predicted octanol–water partition coefficient (Wildman–Crippen LogP) is 6.24. The number of aromatic nitrogens is 1. The second-order valence-corrected chi connectivity index (χ2v) is 24.2. The number of ketones is 1. The van der Waals surface area contributed by atoms with Gasteiger partial charge in [-0.05, 0) is 44.1 Å². The zero-order chi connectivity index (χ0) is 60.4. The molecule has 10 atom stereocenters. The number of amides is 2. The maximum atomic E-state index is 15.2. The molecule has 7 N–H and O–H groups in total. The van der Waals surface area contributed by atoms with Crippen LogP contribution in [-0.2, 0) is 38.0 Å². The molecule has 1 saturated heterocycles. The number of carbonyl (C=O) groups excluding carboxylic acids is 6. The first kappa shape index (κ1) is 62.6. The number of allylic oxidation sites excluding steroid dienone is 3. The first-order valence-electron chi connectivity index (χ1n) is 27.4. The molecular weight excluding hydrogens is 1090 g/mol. The number of aldehydes is 1. The fourth-order valence-electron chi connectivity index (χ4n) is 10.7. The lowest BCUT2D eigenvalue weighted by atomic mass is 9.77. The Bertz CT molecular complexity index is 3320. The maximum absolute atomic E-state index is 15.2. The number of nitrogens with one attached hydrogen (secondary N) is 2. The highest BCUT2D eigenvalue weighted by molar-refractivity contribution is 7.53. The van der Waals surface area contributed by atoms with Gasteiger partial charge in [0.15, 0.2) is 29.2 Å². The van der Waals surface area contributed by atoms with Gasteiger partial charge in [-0.15, -0.1) is 0 Å². The van der Waals surface area contributed by atoms with Gasteiger partial charge < -0.3 is 68.8 Å². The fourth-order valence-corrected chi connectivity index (χ4v) is 11.2. The Morgan fingerprint density at radius 1 is 0.951 bits per heavy atom. The van der Waals surface area contributed by atoms with Crippen LogP contribution in [0.4, 0.5) is 11.4 Å². The topological polar surface area (TPSA) is 331 Å². The summed E-state index contributed by atoms with van der Waals surface area (Å²) in [5.74, 6) is -12.0. The number of fused-ring (bicyclic) bond motifs is 14. The van der Waals surface area contributed by atoms with Crippen LogP contribution in [0, 0.1) is 42.4 Å². The Morgan fingerprint density at radius 2 is 1.63 bits per heavy atom. The normalized spacial score (nSPS) is 26.9. The van der Waals surface area contributed by atoms with Gasteiger partial charge in [-0.25, -0.2) is 4.98 Å². The SMILES string of the molecule is CC(=O)O[C@H]1[C@H](C)[C@H](O)[C@H](C)[C@@H](O)[C@@H](C)/C=C/C=C(/C)C(=O)Nc2c3oc4cc(N5CCN(CC(C)C)CC5)cc(OC(=O)CCCC(=O)NC(C=O)P(=O)(O)O)c4nc-3c3c4c(c(C)c(O)c3c2=O)O[C@](C)(O/C=C/[C@H](C)[C@H]1C)C4=O. The molecule has 5 aliphatic heterocycles. The molecule has 0 saturated carbocycles. The van der Waals surface area contributed by atoms with Crippen molar-refractivity contribution in [1.29, 1.82) is 0 Å². The van der Waals surface area contributed by atoms with E-state index in [2.05, 4.69) is 24.1 Å². The van der Waals surface area contributed by atoms with Crippen molar-refractivity contribution in [2.24, 2.45) is 35.5 Å². The Morgan fingerprint density at radius 3 is 2.27 bits per heavy atom. The third kappa shape index (κ3) is 13.2. The molecule has 0 spiro atoms. The molecule has 6 aliphatic rings. The number of aliphatic hydroxyl groups excluding tert-OH is 2. The minimum atomic E-state index is -5.01. The van der Waals surface area contributed by atoms with Crippen molar-refractivity contribution in [3.05, 3.63) is 69.6 Å². The molecule has 444 valence electrons. The number of aromatic hydroxyl groups is 1. The number of carbonyl (C=O) groups is 6. The van der Waals surface area contributed by atoms with Crippen molar-refractivity contribution >= 4 is 76.7 Å². The van der Waals surface area contributed by atoms with Gasteiger partial charge in [0.1, 0.15) is 34.5 Å². The largest absolute Gasteiger partial charge is 0.507 e. The van der Waals surface area contributed by atoms with E-state index in [1.165, 1.54) is 46.1 Å². The number of ether oxygens (including phenoxy) is 4. The number of anilines is 2. The van der Waals surface area contributed by atoms with Crippen LogP contribution in [0.1, 0.15) is 104 Å². The molecule has 2 aromatic carbocycles. The van der Waals surface area contributed by atoms with Crippen molar-refractivity contribution in [3.63, 3.8) is 0 Å². The molecule has 0 aromatic heterocycles. The second kappa shape index (κ2) is 25.2. The fraction of sp³-hybridized carbons (Fsp3) is 0.517. The number of piperazine rings is 1. The van der Waals surface area contributed by atoms with Crippen LogP contribution in [0.3, 0.4) is 0 Å². The lowest BCUT2D eigenvalue weighted by molar-refractivity contribution is -0.158. The first-order chi connectivity index (χ1) is 38.5. The minimum absolute atomic E-state index is 0.0421. The third-order valence-electron chi connectivity index (χ3n) is 15.7. The van der Waals surface area contributed by atoms with Crippen LogP contribution in [-0.4, -0.2) is 133 Å². The van der Waals surface area contributed by atoms with E-state index in [9.17, 15) is 53.6 Å². The molecule has 1 unspecified atom stereocenters. The van der Waals surface area contributed by atoms with Gasteiger partial charge in [-0.3, -0.25) is 38.2 Å². The Hall–Kier alpha value is -7.01. The maximum Gasteiger partial charge on any atom is 0.355 e. The number of phenolic OH excluding ortho intramolecular Hbond substituents is 1. The van der Waals surface area contributed by atoms with E-state index < -0.39 is 132 Å². The Balaban J connectivity index is 1.42. The molecule has 1 fully saturated rings. The van der Waals surface area contributed by atoms with Crippen LogP contribution < -0.4 is 30.4 Å². The summed E-state index contributed by atoms with van der Waals surface area (Å²) < 4.78 is 42.6. The van der Waals surface area contributed by atoms with Gasteiger partial charge >= 0.3 is 25.3 Å². The summed E-state index contributed by atoms with van der Waals surface area (Å²) in [6.07, 6.45) is 3.25. The summed E-state index contributed by atoms with van der Waals surface area (Å²) in [6.45, 7) is 21.8. The van der Waals surface area contributed by atoms with E-state index in [0.29, 0.717) is 37.8 Å². The number of Topliss-reactive ketones (excluding diaryl/α,β-unsaturated/α-hetero) is 1. The molecule has 5 bridgehead atoms. The highest BCUT2D eigenvalue weighted by Crippen LogP contribution is 2.51. The highest BCUT2D eigenvalue weighted by Gasteiger charge is 2.50. The number of hydrogen-bond acceptors (Lipinski definition) is 19. The Labute approximate surface area is 474 Å². The molecule has 5 heterocycles. The summed E-state index contributed by atoms with van der Waals surface area (Å²) in [4.78, 5) is 123. The average molecular weight is 1160 g/mol. The zero-order valence-electron chi connectivity index (χ0n) is 47.9. The van der Waals surface area contributed by atoms with Gasteiger partial charge in [0, 0.05) is 112 Å². The van der Waals surface area contributed by atoms with E-state index in [0.717, 1.165) is 6.54 Å². The minimum Gasteiger partial charge on any atom is -0.507 e. The third-order valence-corrected chi connectivity index (χ3v) is 16.7. The molecule has 24 heteroatoms. The highest BCUT2D eigenvalue weighted by atomic mass is 31.2. The number of phenols is 1. The van der Waals surface area contributed by atoms with Crippen molar-refractivity contribution in [3.8, 4) is 28.7 Å². The van der Waals surface area contributed by atoms with Gasteiger partial charge in [0.05, 0.1) is 29.4 Å². The molecule has 23 nitrogen and oxygen atoms in total. The monoisotopic (exact) mass is 1160 g/mol. The van der Waals surface area contributed by atoms with Crippen molar-refractivity contribution in [2.75, 3.05) is 42.9 Å². The molecule has 2 amide bonds. The smallest absolute Gasteiger partial charge is 0.355 e. The summed E-state index contributed by atoms with van der Waals surface area (Å²) in [6, 6.07) is 3.18. The Kier molecular flexibility index (Phi) is 19.3. The molecule has 1 aliphatic carbocycles. The van der Waals surface area contributed by atoms with Crippen LogP contribution in [0.5, 0.6) is 17.2 Å². The van der Waals surface area contributed by atoms with E-state index in [1.807, 2.05) is 24.1 Å². The zero-order valence-corrected chi connectivity index (χ0v) is 48.8. The van der Waals surface area contributed by atoms with Crippen LogP contribution in [0.25, 0.3) is 33.3 Å². The number of hydrogen-bond donors (Lipinski definition) is 7. The van der Waals surface area contributed by atoms with Crippen LogP contribution in [0.2, 0.25) is 0 Å². The van der Waals surface area contributed by atoms with Crippen LogP contribution >= 0.6 is 7.60 Å². The standard InChI is InChI=1S/C58H74N5O18P/c1-28(2)26-62-19-21-63(22-20-62)37-24-38(79-42(67)17-13-16-40(66)59-41(27-64)82(74,75)76)46-39(25-37)80-55-47(60-46)43-44-51(70)35(9)54-45(43)56(72)58(11,81-54)77-23-18-29(3)32(6)53(78-36(10)65)34(8)50(69)33(7)49(68)30(4)14-12-15-31(5)57(73)61-48(55)52(44)71/h12,14-15,18,23-25,27-30,32-34,41,49-50,53,68-70H,13,16-17,19-22,26H2,1-11H3,(H,59,66)(H,61,73)(H2,74,75,76)/b14-12+,23-18+,31-15-/t29-,30-,32+,33+,34+,41?,49-,50+,53+,58-/m0/s1. The lowest BCUT2D eigenvalue weighted by Gasteiger charge is -2.37. The molecule has 8 rings (SSSR count). The number of rotatable bonds is 12. The predicted molar refractivity (Wildman–Crippen MR) is 302 cm³/mol. The molecular formula is C58H74N5O18P. The summed E-state index contributed by atoms with van der Waals surface area (Å²) in [5.41, 5.74) is -1.60. The van der Waals surface area contributed by atoms with Crippen molar-refractivity contribution in [1.82, 2.24) is 15.2 Å². The molecule has 0 radical (unpaired) electrons. The lowest BCUT2D eigenvalue weighted by Crippen LogP contribution is -2.47. The summed E-state index contributed by atoms with van der Waals surface area (Å²) >= 11 is 0. The van der Waals surface area contributed by atoms with Crippen molar-refractivity contribution < 1.29 is 81.8 Å². The van der Waals surface area contributed by atoms with E-state index in [4.69, 9.17) is 28.3 Å². The van der Waals surface area contributed by atoms with E-state index in [-0.39, 0.29) is 68.8 Å². The molecule has 2 aromatic rings. The first-order valence-corrected chi connectivity index (χ1v) is 29.1. The second-order valence-electron chi connectivity index (χ2n) is 22.4. The number of benzene rings is 3.